The highest BCUT2D eigenvalue weighted by molar-refractivity contribution is 9.12. The fourth-order valence-electron chi connectivity index (χ4n) is 3.59. The Morgan fingerprint density at radius 2 is 0.789 bits per heavy atom. The number of nitro groups is 4. The first kappa shape index (κ1) is 29.7. The number of halogens is 4. The molecule has 0 N–H and O–H groups in total. The normalized spacial score (nSPS) is 14.2. The molecule has 3 rings (SSSR count). The van der Waals surface area contributed by atoms with E-state index in [1.165, 1.54) is 24.3 Å². The van der Waals surface area contributed by atoms with Crippen LogP contribution in [-0.4, -0.2) is 19.7 Å². The van der Waals surface area contributed by atoms with Gasteiger partial charge in [0, 0.05) is 23.3 Å². The first-order chi connectivity index (χ1) is 17.8. The largest absolute Gasteiger partial charge is 0.280 e. The number of nitro benzene ring substituents is 4. The fourth-order valence-corrected chi connectivity index (χ4v) is 6.16. The minimum atomic E-state index is -0.705. The lowest BCUT2D eigenvalue weighted by Gasteiger charge is -2.20. The number of rotatable bonds is 10. The molecule has 12 nitrogen and oxygen atoms in total. The summed E-state index contributed by atoms with van der Waals surface area (Å²) in [7, 11) is 0. The van der Waals surface area contributed by atoms with Crippen LogP contribution in [0.5, 0.6) is 0 Å². The molecule has 3 aromatic carbocycles. The quantitative estimate of drug-likeness (QED) is 0.112. The van der Waals surface area contributed by atoms with Crippen LogP contribution in [0, 0.1) is 40.5 Å². The SMILES string of the molecule is O=[N+]([O-])c1ccc([C@@H](Br)[C@H](Br)c2ccc([C@@H](Br)[C@@H](Br)c3ccc([N+](=O)[O-])cc3[N+](=O)[O-])cc2)c([N+](=O)[O-])c1. The number of benzene rings is 3. The second-order valence-electron chi connectivity index (χ2n) is 7.79. The molecule has 0 fully saturated rings. The highest BCUT2D eigenvalue weighted by Crippen LogP contribution is 2.48. The second kappa shape index (κ2) is 12.4. The first-order valence-electron chi connectivity index (χ1n) is 10.3. The van der Waals surface area contributed by atoms with Crippen molar-refractivity contribution < 1.29 is 19.7 Å². The molecule has 0 radical (unpaired) electrons. The van der Waals surface area contributed by atoms with Crippen molar-refractivity contribution >= 4 is 86.5 Å². The van der Waals surface area contributed by atoms with E-state index in [0.29, 0.717) is 0 Å². The van der Waals surface area contributed by atoms with Crippen molar-refractivity contribution in [1.29, 1.82) is 0 Å². The van der Waals surface area contributed by atoms with E-state index in [1.807, 2.05) is 0 Å². The van der Waals surface area contributed by atoms with E-state index in [1.54, 1.807) is 24.3 Å². The van der Waals surface area contributed by atoms with Gasteiger partial charge in [-0.3, -0.25) is 40.5 Å². The van der Waals surface area contributed by atoms with E-state index >= 15 is 0 Å². The summed E-state index contributed by atoms with van der Waals surface area (Å²) >= 11 is 14.0. The number of alkyl halides is 4. The zero-order valence-corrected chi connectivity index (χ0v) is 25.0. The van der Waals surface area contributed by atoms with Gasteiger partial charge in [0.2, 0.25) is 0 Å². The molecule has 0 aliphatic heterocycles. The molecule has 38 heavy (non-hydrogen) atoms. The summed E-state index contributed by atoms with van der Waals surface area (Å²) in [5, 5.41) is 45.1. The number of nitrogens with zero attached hydrogens (tertiary/aromatic N) is 4. The Bertz CT molecular complexity index is 1320. The van der Waals surface area contributed by atoms with Crippen molar-refractivity contribution in [2.45, 2.75) is 19.3 Å². The lowest BCUT2D eigenvalue weighted by Crippen LogP contribution is -2.06. The predicted octanol–water partition coefficient (Wildman–Crippen LogP) is 8.46. The molecule has 0 aliphatic carbocycles. The molecule has 0 spiro atoms. The van der Waals surface area contributed by atoms with Gasteiger partial charge in [-0.05, 0) is 23.3 Å². The van der Waals surface area contributed by atoms with Gasteiger partial charge < -0.3 is 0 Å². The third kappa shape index (κ3) is 6.42. The Morgan fingerprint density at radius 3 is 1.05 bits per heavy atom. The Labute approximate surface area is 247 Å². The van der Waals surface area contributed by atoms with Gasteiger partial charge in [0.05, 0.1) is 51.1 Å². The van der Waals surface area contributed by atoms with Crippen LogP contribution in [0.2, 0.25) is 0 Å². The van der Waals surface area contributed by atoms with Gasteiger partial charge in [-0.25, -0.2) is 0 Å². The molecular weight excluding hydrogens is 768 g/mol. The summed E-state index contributed by atoms with van der Waals surface area (Å²) in [6.07, 6.45) is 0. The van der Waals surface area contributed by atoms with Crippen molar-refractivity contribution in [3.63, 3.8) is 0 Å². The highest BCUT2D eigenvalue weighted by Gasteiger charge is 2.31. The third-order valence-corrected chi connectivity index (χ3v) is 11.1. The van der Waals surface area contributed by atoms with Crippen LogP contribution in [-0.2, 0) is 0 Å². The summed E-state index contributed by atoms with van der Waals surface area (Å²) in [6, 6.07) is 13.9. The lowest BCUT2D eigenvalue weighted by atomic mass is 9.98. The minimum Gasteiger partial charge on any atom is -0.258 e. The first-order valence-corrected chi connectivity index (χ1v) is 14.0. The van der Waals surface area contributed by atoms with Gasteiger partial charge >= 0.3 is 0 Å². The summed E-state index contributed by atoms with van der Waals surface area (Å²) in [6.45, 7) is 0. The van der Waals surface area contributed by atoms with Crippen LogP contribution in [0.3, 0.4) is 0 Å². The molecule has 0 saturated carbocycles. The number of non-ortho nitro benzene ring substituents is 2. The standard InChI is InChI=1S/C22H14Br4N4O8/c23-19(21(25)15-7-5-13(27(31)32)9-17(15)29(35)36)11-1-2-12(4-3-11)20(24)22(26)16-8-6-14(28(33)34)10-18(16)30(37)38/h1-10,19-22H/t19-,20-,21-,22+/m1/s1. The smallest absolute Gasteiger partial charge is 0.258 e. The highest BCUT2D eigenvalue weighted by atomic mass is 79.9. The maximum absolute atomic E-state index is 11.5. The molecule has 0 amide bonds. The molecule has 0 aliphatic rings. The van der Waals surface area contributed by atoms with E-state index in [-0.39, 0.29) is 11.1 Å². The van der Waals surface area contributed by atoms with E-state index in [9.17, 15) is 40.5 Å². The van der Waals surface area contributed by atoms with Crippen molar-refractivity contribution in [1.82, 2.24) is 0 Å². The molecule has 0 aromatic heterocycles. The monoisotopic (exact) mass is 778 g/mol. The Balaban J connectivity index is 1.86. The lowest BCUT2D eigenvalue weighted by molar-refractivity contribution is -0.394. The maximum Gasteiger partial charge on any atom is 0.280 e. The maximum atomic E-state index is 11.5. The van der Waals surface area contributed by atoms with Gasteiger partial charge in [0.25, 0.3) is 22.7 Å². The zero-order chi connectivity index (χ0) is 28.3. The van der Waals surface area contributed by atoms with E-state index in [0.717, 1.165) is 23.3 Å². The molecule has 16 heteroatoms. The van der Waals surface area contributed by atoms with Crippen molar-refractivity contribution in [2.24, 2.45) is 0 Å². The van der Waals surface area contributed by atoms with E-state index in [2.05, 4.69) is 63.7 Å². The Kier molecular flexibility index (Phi) is 9.67. The van der Waals surface area contributed by atoms with E-state index < -0.39 is 61.8 Å². The molecule has 0 unspecified atom stereocenters. The van der Waals surface area contributed by atoms with E-state index in [4.69, 9.17) is 0 Å². The molecular formula is C22H14Br4N4O8. The zero-order valence-electron chi connectivity index (χ0n) is 18.6. The molecule has 0 bridgehead atoms. The summed E-state index contributed by atoms with van der Waals surface area (Å²) in [5.74, 6) is 0. The molecule has 0 heterocycles. The van der Waals surface area contributed by atoms with Gasteiger partial charge in [0.15, 0.2) is 0 Å². The van der Waals surface area contributed by atoms with Gasteiger partial charge in [-0.1, -0.05) is 88.0 Å². The van der Waals surface area contributed by atoms with Crippen LogP contribution < -0.4 is 0 Å². The van der Waals surface area contributed by atoms with Crippen LogP contribution in [0.25, 0.3) is 0 Å². The summed E-state index contributed by atoms with van der Waals surface area (Å²) in [5.41, 5.74) is 0.384. The number of hydrogen-bond acceptors (Lipinski definition) is 8. The van der Waals surface area contributed by atoms with Crippen molar-refractivity contribution in [3.8, 4) is 0 Å². The van der Waals surface area contributed by atoms with Gasteiger partial charge in [0.1, 0.15) is 0 Å². The summed E-state index contributed by atoms with van der Waals surface area (Å²) in [4.78, 5) is 40.2. The summed E-state index contributed by atoms with van der Waals surface area (Å²) < 4.78 is 0. The predicted molar refractivity (Wildman–Crippen MR) is 153 cm³/mol. The molecule has 198 valence electrons. The van der Waals surface area contributed by atoms with Crippen molar-refractivity contribution in [3.05, 3.63) is 123 Å². The van der Waals surface area contributed by atoms with Gasteiger partial charge in [-0.15, -0.1) is 0 Å². The topological polar surface area (TPSA) is 173 Å². The second-order valence-corrected chi connectivity index (χ2v) is 11.7. The van der Waals surface area contributed by atoms with Crippen LogP contribution >= 0.6 is 63.7 Å². The van der Waals surface area contributed by atoms with Crippen LogP contribution in [0.1, 0.15) is 41.6 Å². The van der Waals surface area contributed by atoms with Crippen LogP contribution in [0.15, 0.2) is 60.7 Å². The molecule has 4 atom stereocenters. The number of hydrogen-bond donors (Lipinski definition) is 0. The molecule has 0 saturated heterocycles. The van der Waals surface area contributed by atoms with Crippen LogP contribution in [0.4, 0.5) is 22.7 Å². The molecule has 3 aromatic rings. The Morgan fingerprint density at radius 1 is 0.474 bits per heavy atom. The van der Waals surface area contributed by atoms with Crippen molar-refractivity contribution in [2.75, 3.05) is 0 Å². The minimum absolute atomic E-state index is 0.246. The fraction of sp³-hybridized carbons (Fsp3) is 0.182. The Hall–Kier alpha value is -2.82. The third-order valence-electron chi connectivity index (χ3n) is 5.52. The van der Waals surface area contributed by atoms with Gasteiger partial charge in [-0.2, -0.15) is 0 Å². The average Bonchev–Trinajstić information content (AvgIpc) is 2.90. The average molecular weight is 782 g/mol.